The van der Waals surface area contributed by atoms with Gasteiger partial charge in [-0.2, -0.15) is 0 Å². The SMILES string of the molecule is CC1(C)OB(C(=Cc2ccc3occ(C=O)c(=O)c3c2)CO)OC1(C)C. The third-order valence-corrected chi connectivity index (χ3v) is 5.04. The van der Waals surface area contributed by atoms with Crippen LogP contribution in [0.2, 0.25) is 0 Å². The van der Waals surface area contributed by atoms with Gasteiger partial charge in [0.2, 0.25) is 5.43 Å². The number of benzene rings is 1. The Balaban J connectivity index is 2.01. The quantitative estimate of drug-likeness (QED) is 0.670. The minimum Gasteiger partial charge on any atom is -0.463 e. The molecule has 1 aromatic carbocycles. The first-order valence-electron chi connectivity index (χ1n) is 8.36. The fraction of sp³-hybridized carbons (Fsp3) is 0.368. The summed E-state index contributed by atoms with van der Waals surface area (Å²) in [5, 5.41) is 10.1. The number of aliphatic hydroxyl groups excluding tert-OH is 1. The number of carbonyl (C=O) groups is 1. The normalized spacial score (nSPS) is 19.1. The molecule has 1 aromatic heterocycles. The van der Waals surface area contributed by atoms with Crippen molar-refractivity contribution in [1.29, 1.82) is 0 Å². The summed E-state index contributed by atoms with van der Waals surface area (Å²) in [5.74, 6) is 0. The molecule has 2 aromatic rings. The molecule has 0 aliphatic carbocycles. The van der Waals surface area contributed by atoms with Crippen LogP contribution in [0.1, 0.15) is 43.6 Å². The fourth-order valence-electron chi connectivity index (χ4n) is 2.73. The highest BCUT2D eigenvalue weighted by Gasteiger charge is 2.52. The van der Waals surface area contributed by atoms with Crippen molar-refractivity contribution in [2.24, 2.45) is 0 Å². The van der Waals surface area contributed by atoms with E-state index in [1.165, 1.54) is 0 Å². The van der Waals surface area contributed by atoms with Crippen LogP contribution in [0.25, 0.3) is 17.0 Å². The highest BCUT2D eigenvalue weighted by molar-refractivity contribution is 6.55. The van der Waals surface area contributed by atoms with Crippen molar-refractivity contribution in [3.8, 4) is 0 Å². The molecule has 6 nitrogen and oxygen atoms in total. The highest BCUT2D eigenvalue weighted by atomic mass is 16.7. The monoisotopic (exact) mass is 356 g/mol. The maximum Gasteiger partial charge on any atom is 0.492 e. The van der Waals surface area contributed by atoms with E-state index in [0.717, 1.165) is 6.26 Å². The second-order valence-electron chi connectivity index (χ2n) is 7.36. The van der Waals surface area contributed by atoms with Crippen LogP contribution in [-0.2, 0) is 9.31 Å². The number of hydrogen-bond acceptors (Lipinski definition) is 6. The van der Waals surface area contributed by atoms with E-state index in [-0.39, 0.29) is 12.2 Å². The number of fused-ring (bicyclic) bond motifs is 1. The van der Waals surface area contributed by atoms with Crippen LogP contribution in [0, 0.1) is 0 Å². The lowest BCUT2D eigenvalue weighted by atomic mass is 9.77. The average Bonchev–Trinajstić information content (AvgIpc) is 2.81. The van der Waals surface area contributed by atoms with Crippen LogP contribution in [-0.4, -0.2) is 36.3 Å². The summed E-state index contributed by atoms with van der Waals surface area (Å²) in [6.45, 7) is 7.49. The molecule has 1 fully saturated rings. The summed E-state index contributed by atoms with van der Waals surface area (Å²) < 4.78 is 17.2. The lowest BCUT2D eigenvalue weighted by Crippen LogP contribution is -2.41. The molecular formula is C19H21BO6. The summed E-state index contributed by atoms with van der Waals surface area (Å²) in [6, 6.07) is 5.03. The summed E-state index contributed by atoms with van der Waals surface area (Å²) in [5.41, 5.74) is 0.138. The predicted molar refractivity (Wildman–Crippen MR) is 99.0 cm³/mol. The van der Waals surface area contributed by atoms with Crippen molar-refractivity contribution in [3.05, 3.63) is 51.3 Å². The Bertz CT molecular complexity index is 925. The van der Waals surface area contributed by atoms with E-state index in [0.29, 0.717) is 28.3 Å². The first-order chi connectivity index (χ1) is 12.2. The van der Waals surface area contributed by atoms with E-state index in [9.17, 15) is 14.7 Å². The molecule has 1 aliphatic rings. The van der Waals surface area contributed by atoms with E-state index in [1.807, 2.05) is 27.7 Å². The maximum atomic E-state index is 12.3. The zero-order chi connectivity index (χ0) is 19.1. The Labute approximate surface area is 151 Å². The van der Waals surface area contributed by atoms with E-state index in [2.05, 4.69) is 0 Å². The van der Waals surface area contributed by atoms with Gasteiger partial charge in [-0.25, -0.2) is 0 Å². The smallest absolute Gasteiger partial charge is 0.463 e. The largest absolute Gasteiger partial charge is 0.492 e. The molecule has 26 heavy (non-hydrogen) atoms. The molecule has 0 amide bonds. The van der Waals surface area contributed by atoms with Crippen LogP contribution in [0.4, 0.5) is 0 Å². The van der Waals surface area contributed by atoms with Crippen LogP contribution in [0.5, 0.6) is 0 Å². The summed E-state index contributed by atoms with van der Waals surface area (Å²) >= 11 is 0. The lowest BCUT2D eigenvalue weighted by Gasteiger charge is -2.32. The van der Waals surface area contributed by atoms with Crippen molar-refractivity contribution in [2.45, 2.75) is 38.9 Å². The van der Waals surface area contributed by atoms with E-state index < -0.39 is 23.7 Å². The molecule has 0 radical (unpaired) electrons. The van der Waals surface area contributed by atoms with Crippen molar-refractivity contribution in [1.82, 2.24) is 0 Å². The molecule has 1 aliphatic heterocycles. The number of aliphatic hydroxyl groups is 1. The first-order valence-corrected chi connectivity index (χ1v) is 8.36. The molecule has 2 heterocycles. The molecule has 0 unspecified atom stereocenters. The highest BCUT2D eigenvalue weighted by Crippen LogP contribution is 2.38. The van der Waals surface area contributed by atoms with Gasteiger partial charge in [-0.05, 0) is 50.9 Å². The molecule has 1 N–H and O–H groups in total. The zero-order valence-corrected chi connectivity index (χ0v) is 15.2. The number of rotatable bonds is 4. The van der Waals surface area contributed by atoms with Gasteiger partial charge >= 0.3 is 7.12 Å². The third-order valence-electron chi connectivity index (χ3n) is 5.04. The van der Waals surface area contributed by atoms with E-state index >= 15 is 0 Å². The van der Waals surface area contributed by atoms with Crippen LogP contribution in [0.15, 0.2) is 39.1 Å². The Morgan fingerprint density at radius 3 is 2.42 bits per heavy atom. The molecule has 0 spiro atoms. The van der Waals surface area contributed by atoms with Gasteiger partial charge in [0.15, 0.2) is 6.29 Å². The van der Waals surface area contributed by atoms with Gasteiger partial charge in [0.25, 0.3) is 0 Å². The molecular weight excluding hydrogens is 335 g/mol. The molecule has 0 saturated carbocycles. The van der Waals surface area contributed by atoms with Crippen LogP contribution < -0.4 is 5.43 Å². The van der Waals surface area contributed by atoms with Crippen LogP contribution >= 0.6 is 0 Å². The Morgan fingerprint density at radius 2 is 1.85 bits per heavy atom. The predicted octanol–water partition coefficient (Wildman–Crippen LogP) is 2.61. The second kappa shape index (κ2) is 6.50. The van der Waals surface area contributed by atoms with E-state index in [1.54, 1.807) is 24.3 Å². The molecule has 136 valence electrons. The van der Waals surface area contributed by atoms with Gasteiger partial charge in [-0.15, -0.1) is 0 Å². The van der Waals surface area contributed by atoms with Gasteiger partial charge in [-0.3, -0.25) is 9.59 Å². The van der Waals surface area contributed by atoms with Gasteiger partial charge < -0.3 is 18.8 Å². The number of aldehydes is 1. The Morgan fingerprint density at radius 1 is 1.19 bits per heavy atom. The van der Waals surface area contributed by atoms with Crippen molar-refractivity contribution in [3.63, 3.8) is 0 Å². The molecule has 0 atom stereocenters. The maximum absolute atomic E-state index is 12.3. The summed E-state index contributed by atoms with van der Waals surface area (Å²) in [4.78, 5) is 23.2. The minimum absolute atomic E-state index is 0.0352. The first kappa shape index (κ1) is 18.6. The average molecular weight is 356 g/mol. The third kappa shape index (κ3) is 3.14. The summed E-state index contributed by atoms with van der Waals surface area (Å²) in [7, 11) is -0.682. The van der Waals surface area contributed by atoms with Crippen molar-refractivity contribution < 1.29 is 23.6 Å². The Hall–Kier alpha value is -2.22. The van der Waals surface area contributed by atoms with Gasteiger partial charge in [-0.1, -0.05) is 12.1 Å². The fourth-order valence-corrected chi connectivity index (χ4v) is 2.73. The molecule has 1 saturated heterocycles. The van der Waals surface area contributed by atoms with Gasteiger partial charge in [0.1, 0.15) is 11.8 Å². The number of carbonyl (C=O) groups excluding carboxylic acids is 1. The van der Waals surface area contributed by atoms with E-state index in [4.69, 9.17) is 13.7 Å². The molecule has 0 bridgehead atoms. The van der Waals surface area contributed by atoms with Crippen molar-refractivity contribution in [2.75, 3.05) is 6.61 Å². The molecule has 3 rings (SSSR count). The summed E-state index contributed by atoms with van der Waals surface area (Å²) in [6.07, 6.45) is 3.34. The van der Waals surface area contributed by atoms with Gasteiger partial charge in [0, 0.05) is 0 Å². The second-order valence-corrected chi connectivity index (χ2v) is 7.36. The standard InChI is InChI=1S/C19H21BO6/c1-18(2)19(3,4)26-20(25-18)14(10-22)7-12-5-6-16-15(8-12)17(23)13(9-21)11-24-16/h5-9,11,22H,10H2,1-4H3. The van der Waals surface area contributed by atoms with Crippen LogP contribution in [0.3, 0.4) is 0 Å². The number of hydrogen-bond donors (Lipinski definition) is 1. The van der Waals surface area contributed by atoms with Gasteiger partial charge in [0.05, 0.1) is 28.8 Å². The zero-order valence-electron chi connectivity index (χ0n) is 15.2. The lowest BCUT2D eigenvalue weighted by molar-refractivity contribution is 0.00578. The topological polar surface area (TPSA) is 86.0 Å². The van der Waals surface area contributed by atoms with Crippen molar-refractivity contribution >= 4 is 30.4 Å². The molecule has 7 heteroatoms. The minimum atomic E-state index is -0.682. The Kier molecular flexibility index (Phi) is 4.64.